The number of rotatable bonds is 3. The quantitative estimate of drug-likeness (QED) is 0.925. The van der Waals surface area contributed by atoms with E-state index in [0.29, 0.717) is 10.6 Å². The van der Waals surface area contributed by atoms with E-state index >= 15 is 0 Å². The fourth-order valence-electron chi connectivity index (χ4n) is 1.47. The van der Waals surface area contributed by atoms with E-state index in [1.807, 2.05) is 12.1 Å². The van der Waals surface area contributed by atoms with Crippen molar-refractivity contribution in [3.63, 3.8) is 0 Å². The standard InChI is InChI=1S/C14H8ClNO2S/c15-12-6-9(8-16)4-5-13(12)19-11-3-1-2-10(7-11)14(17)18/h1-7H,(H,17,18). The summed E-state index contributed by atoms with van der Waals surface area (Å²) in [5.74, 6) is -0.964. The maximum atomic E-state index is 10.9. The van der Waals surface area contributed by atoms with Gasteiger partial charge in [0, 0.05) is 9.79 Å². The van der Waals surface area contributed by atoms with Crippen molar-refractivity contribution in [2.45, 2.75) is 9.79 Å². The number of nitrogens with zero attached hydrogens (tertiary/aromatic N) is 1. The SMILES string of the molecule is N#Cc1ccc(Sc2cccc(C(=O)O)c2)c(Cl)c1. The fraction of sp³-hybridized carbons (Fsp3) is 0. The Morgan fingerprint density at radius 2 is 2.05 bits per heavy atom. The van der Waals surface area contributed by atoms with Gasteiger partial charge in [-0.2, -0.15) is 5.26 Å². The number of hydrogen-bond donors (Lipinski definition) is 1. The van der Waals surface area contributed by atoms with E-state index in [1.54, 1.807) is 30.3 Å². The van der Waals surface area contributed by atoms with Crippen molar-refractivity contribution in [3.8, 4) is 6.07 Å². The Labute approximate surface area is 119 Å². The molecule has 0 aliphatic carbocycles. The summed E-state index contributed by atoms with van der Waals surface area (Å²) in [4.78, 5) is 12.4. The molecule has 0 radical (unpaired) electrons. The molecule has 2 aromatic rings. The molecule has 0 aliphatic rings. The molecule has 0 spiro atoms. The van der Waals surface area contributed by atoms with Crippen LogP contribution in [-0.2, 0) is 0 Å². The molecule has 19 heavy (non-hydrogen) atoms. The summed E-state index contributed by atoms with van der Waals surface area (Å²) in [6.07, 6.45) is 0. The maximum Gasteiger partial charge on any atom is 0.335 e. The molecule has 0 amide bonds. The van der Waals surface area contributed by atoms with E-state index in [0.717, 1.165) is 9.79 Å². The van der Waals surface area contributed by atoms with Crippen LogP contribution in [0.1, 0.15) is 15.9 Å². The topological polar surface area (TPSA) is 61.1 Å². The zero-order chi connectivity index (χ0) is 13.8. The number of aromatic carboxylic acids is 1. The van der Waals surface area contributed by atoms with Gasteiger partial charge in [0.1, 0.15) is 0 Å². The Kier molecular flexibility index (Phi) is 4.10. The summed E-state index contributed by atoms with van der Waals surface area (Å²) in [6, 6.07) is 13.6. The molecule has 0 saturated heterocycles. The predicted molar refractivity (Wildman–Crippen MR) is 73.7 cm³/mol. The molecule has 2 rings (SSSR count). The Hall–Kier alpha value is -1.96. The number of halogens is 1. The Morgan fingerprint density at radius 1 is 1.26 bits per heavy atom. The molecule has 0 fully saturated rings. The number of nitriles is 1. The fourth-order valence-corrected chi connectivity index (χ4v) is 2.65. The van der Waals surface area contributed by atoms with Crippen molar-refractivity contribution in [1.29, 1.82) is 5.26 Å². The van der Waals surface area contributed by atoms with Crippen LogP contribution in [0, 0.1) is 11.3 Å². The third-order valence-corrected chi connectivity index (χ3v) is 3.86. The highest BCUT2D eigenvalue weighted by atomic mass is 35.5. The van der Waals surface area contributed by atoms with E-state index in [2.05, 4.69) is 0 Å². The molecule has 0 atom stereocenters. The number of hydrogen-bond acceptors (Lipinski definition) is 3. The Morgan fingerprint density at radius 3 is 2.68 bits per heavy atom. The average Bonchev–Trinajstić information content (AvgIpc) is 2.41. The maximum absolute atomic E-state index is 10.9. The van der Waals surface area contributed by atoms with Crippen LogP contribution in [0.2, 0.25) is 5.02 Å². The van der Waals surface area contributed by atoms with Crippen LogP contribution < -0.4 is 0 Å². The monoisotopic (exact) mass is 289 g/mol. The van der Waals surface area contributed by atoms with Gasteiger partial charge >= 0.3 is 5.97 Å². The molecule has 0 aromatic heterocycles. The van der Waals surface area contributed by atoms with Gasteiger partial charge in [0.05, 0.1) is 22.2 Å². The smallest absolute Gasteiger partial charge is 0.335 e. The van der Waals surface area contributed by atoms with Gasteiger partial charge in [0.15, 0.2) is 0 Å². The minimum Gasteiger partial charge on any atom is -0.478 e. The van der Waals surface area contributed by atoms with Gasteiger partial charge in [-0.05, 0) is 36.4 Å². The van der Waals surface area contributed by atoms with Crippen LogP contribution in [0.3, 0.4) is 0 Å². The number of carboxylic acid groups (broad SMARTS) is 1. The first-order valence-electron chi connectivity index (χ1n) is 5.31. The molecule has 5 heteroatoms. The molecule has 1 N–H and O–H groups in total. The largest absolute Gasteiger partial charge is 0.478 e. The first-order valence-corrected chi connectivity index (χ1v) is 6.50. The highest BCUT2D eigenvalue weighted by Crippen LogP contribution is 2.34. The summed E-state index contributed by atoms with van der Waals surface area (Å²) < 4.78 is 0. The molecule has 3 nitrogen and oxygen atoms in total. The molecule has 94 valence electrons. The average molecular weight is 290 g/mol. The molecular weight excluding hydrogens is 282 g/mol. The van der Waals surface area contributed by atoms with Crippen LogP contribution in [0.5, 0.6) is 0 Å². The minimum absolute atomic E-state index is 0.231. The second-order valence-electron chi connectivity index (χ2n) is 3.69. The normalized spacial score (nSPS) is 9.89. The zero-order valence-corrected chi connectivity index (χ0v) is 11.2. The van der Waals surface area contributed by atoms with Crippen LogP contribution in [0.25, 0.3) is 0 Å². The van der Waals surface area contributed by atoms with Crippen LogP contribution in [0.4, 0.5) is 0 Å². The Balaban J connectivity index is 2.29. The van der Waals surface area contributed by atoms with Crippen molar-refractivity contribution in [2.24, 2.45) is 0 Å². The third kappa shape index (κ3) is 3.28. The lowest BCUT2D eigenvalue weighted by Gasteiger charge is -2.05. The number of carboxylic acids is 1. The first kappa shape index (κ1) is 13.5. The van der Waals surface area contributed by atoms with E-state index in [1.165, 1.54) is 17.8 Å². The van der Waals surface area contributed by atoms with Crippen molar-refractivity contribution in [2.75, 3.05) is 0 Å². The molecule has 0 aliphatic heterocycles. The van der Waals surface area contributed by atoms with Crippen molar-refractivity contribution >= 4 is 29.3 Å². The molecule has 0 unspecified atom stereocenters. The molecule has 0 bridgehead atoms. The summed E-state index contributed by atoms with van der Waals surface area (Å²) >= 11 is 7.43. The van der Waals surface area contributed by atoms with Gasteiger partial charge < -0.3 is 5.11 Å². The molecule has 0 saturated carbocycles. The number of carbonyl (C=O) groups is 1. The van der Waals surface area contributed by atoms with Crippen LogP contribution >= 0.6 is 23.4 Å². The van der Waals surface area contributed by atoms with E-state index in [4.69, 9.17) is 22.0 Å². The molecule has 0 heterocycles. The minimum atomic E-state index is -0.964. The van der Waals surface area contributed by atoms with Gasteiger partial charge in [-0.3, -0.25) is 0 Å². The van der Waals surface area contributed by atoms with Crippen molar-refractivity contribution in [1.82, 2.24) is 0 Å². The van der Waals surface area contributed by atoms with Gasteiger partial charge in [0.25, 0.3) is 0 Å². The zero-order valence-electron chi connectivity index (χ0n) is 9.63. The highest BCUT2D eigenvalue weighted by Gasteiger charge is 2.07. The lowest BCUT2D eigenvalue weighted by molar-refractivity contribution is 0.0696. The van der Waals surface area contributed by atoms with Gasteiger partial charge in [-0.25, -0.2) is 4.79 Å². The van der Waals surface area contributed by atoms with Gasteiger partial charge in [0.2, 0.25) is 0 Å². The summed E-state index contributed by atoms with van der Waals surface area (Å²) in [5, 5.41) is 18.2. The van der Waals surface area contributed by atoms with Crippen molar-refractivity contribution in [3.05, 3.63) is 58.6 Å². The summed E-state index contributed by atoms with van der Waals surface area (Å²) in [6.45, 7) is 0. The second kappa shape index (κ2) is 5.79. The van der Waals surface area contributed by atoms with Crippen LogP contribution in [-0.4, -0.2) is 11.1 Å². The van der Waals surface area contributed by atoms with Gasteiger partial charge in [-0.15, -0.1) is 0 Å². The van der Waals surface area contributed by atoms with Crippen molar-refractivity contribution < 1.29 is 9.90 Å². The second-order valence-corrected chi connectivity index (χ2v) is 5.21. The Bertz CT molecular complexity index is 679. The molecule has 2 aromatic carbocycles. The third-order valence-electron chi connectivity index (χ3n) is 2.37. The van der Waals surface area contributed by atoms with E-state index in [-0.39, 0.29) is 5.56 Å². The summed E-state index contributed by atoms with van der Waals surface area (Å²) in [7, 11) is 0. The lowest BCUT2D eigenvalue weighted by Crippen LogP contribution is -1.95. The van der Waals surface area contributed by atoms with E-state index in [9.17, 15) is 4.79 Å². The summed E-state index contributed by atoms with van der Waals surface area (Å²) in [5.41, 5.74) is 0.725. The van der Waals surface area contributed by atoms with Gasteiger partial charge in [-0.1, -0.05) is 29.4 Å². The highest BCUT2D eigenvalue weighted by molar-refractivity contribution is 7.99. The van der Waals surface area contributed by atoms with Crippen LogP contribution in [0.15, 0.2) is 52.3 Å². The number of benzene rings is 2. The van der Waals surface area contributed by atoms with E-state index < -0.39 is 5.97 Å². The molecular formula is C14H8ClNO2S. The first-order chi connectivity index (χ1) is 9.10. The lowest BCUT2D eigenvalue weighted by atomic mass is 10.2. The predicted octanol–water partition coefficient (Wildman–Crippen LogP) is 4.06.